The van der Waals surface area contributed by atoms with Crippen LogP contribution in [0.1, 0.15) is 18.4 Å². The van der Waals surface area contributed by atoms with E-state index in [-0.39, 0.29) is 17.2 Å². The molecule has 1 aromatic rings. The third kappa shape index (κ3) is 2.72. The van der Waals surface area contributed by atoms with Gasteiger partial charge in [0.1, 0.15) is 23.3 Å². The van der Waals surface area contributed by atoms with Crippen molar-refractivity contribution in [2.75, 3.05) is 0 Å². The highest BCUT2D eigenvalue weighted by Gasteiger charge is 2.25. The van der Waals surface area contributed by atoms with E-state index >= 15 is 0 Å². The molecule has 0 bridgehead atoms. The third-order valence-corrected chi connectivity index (χ3v) is 2.57. The Morgan fingerprint density at radius 2 is 2.00 bits per heavy atom. The minimum absolute atomic E-state index is 0.0831. The standard InChI is InChI=1S/C13H10F2N2O/c14-11-2-1-3-12(15)10(11)6-8(7-16)13(18)17-9-4-5-9/h1-3,6,9H,4-5H2,(H,17,18)/b8-6+. The van der Waals surface area contributed by atoms with Crippen molar-refractivity contribution in [3.05, 3.63) is 41.0 Å². The van der Waals surface area contributed by atoms with Gasteiger partial charge in [0, 0.05) is 11.6 Å². The van der Waals surface area contributed by atoms with Gasteiger partial charge in [0.25, 0.3) is 5.91 Å². The van der Waals surface area contributed by atoms with Crippen molar-refractivity contribution in [2.45, 2.75) is 18.9 Å². The molecule has 0 aliphatic heterocycles. The van der Waals surface area contributed by atoms with Crippen LogP contribution in [0.2, 0.25) is 0 Å². The maximum atomic E-state index is 13.4. The lowest BCUT2D eigenvalue weighted by Crippen LogP contribution is -2.26. The molecule has 0 saturated heterocycles. The van der Waals surface area contributed by atoms with E-state index in [1.54, 1.807) is 6.07 Å². The van der Waals surface area contributed by atoms with Crippen LogP contribution in [-0.4, -0.2) is 11.9 Å². The van der Waals surface area contributed by atoms with E-state index in [1.807, 2.05) is 0 Å². The molecule has 1 aromatic carbocycles. The fourth-order valence-corrected chi connectivity index (χ4v) is 1.43. The van der Waals surface area contributed by atoms with Crippen LogP contribution in [0.5, 0.6) is 0 Å². The molecular weight excluding hydrogens is 238 g/mol. The molecule has 0 unspecified atom stereocenters. The van der Waals surface area contributed by atoms with Gasteiger partial charge in [0.15, 0.2) is 0 Å². The van der Waals surface area contributed by atoms with Crippen molar-refractivity contribution < 1.29 is 13.6 Å². The number of hydrogen-bond acceptors (Lipinski definition) is 2. The molecule has 1 N–H and O–H groups in total. The lowest BCUT2D eigenvalue weighted by Gasteiger charge is -2.03. The Morgan fingerprint density at radius 1 is 1.39 bits per heavy atom. The number of amides is 1. The molecule has 92 valence electrons. The number of nitriles is 1. The Hall–Kier alpha value is -2.22. The number of nitrogens with one attached hydrogen (secondary N) is 1. The van der Waals surface area contributed by atoms with E-state index in [0.717, 1.165) is 31.1 Å². The highest BCUT2D eigenvalue weighted by Crippen LogP contribution is 2.20. The molecule has 1 aliphatic rings. The molecule has 18 heavy (non-hydrogen) atoms. The van der Waals surface area contributed by atoms with Gasteiger partial charge in [-0.05, 0) is 31.1 Å². The lowest BCUT2D eigenvalue weighted by molar-refractivity contribution is -0.117. The van der Waals surface area contributed by atoms with Gasteiger partial charge in [-0.2, -0.15) is 5.26 Å². The largest absolute Gasteiger partial charge is 0.349 e. The minimum Gasteiger partial charge on any atom is -0.349 e. The van der Waals surface area contributed by atoms with Crippen molar-refractivity contribution in [3.63, 3.8) is 0 Å². The highest BCUT2D eigenvalue weighted by molar-refractivity contribution is 6.02. The summed E-state index contributed by atoms with van der Waals surface area (Å²) >= 11 is 0. The average Bonchev–Trinajstić information content (AvgIpc) is 3.12. The Bertz CT molecular complexity index is 536. The maximum Gasteiger partial charge on any atom is 0.262 e. The summed E-state index contributed by atoms with van der Waals surface area (Å²) in [5.41, 5.74) is -0.675. The molecule has 1 fully saturated rings. The van der Waals surface area contributed by atoms with E-state index in [0.29, 0.717) is 0 Å². The zero-order valence-electron chi connectivity index (χ0n) is 9.41. The monoisotopic (exact) mass is 248 g/mol. The van der Waals surface area contributed by atoms with E-state index in [2.05, 4.69) is 5.32 Å². The van der Waals surface area contributed by atoms with Gasteiger partial charge < -0.3 is 5.32 Å². The third-order valence-electron chi connectivity index (χ3n) is 2.57. The first-order chi connectivity index (χ1) is 8.61. The number of rotatable bonds is 3. The average molecular weight is 248 g/mol. The van der Waals surface area contributed by atoms with Crippen LogP contribution >= 0.6 is 0 Å². The Morgan fingerprint density at radius 3 is 2.50 bits per heavy atom. The van der Waals surface area contributed by atoms with Gasteiger partial charge in [0.2, 0.25) is 0 Å². The summed E-state index contributed by atoms with van der Waals surface area (Å²) in [5.74, 6) is -2.20. The molecule has 0 radical (unpaired) electrons. The molecule has 0 aromatic heterocycles. The summed E-state index contributed by atoms with van der Waals surface area (Å²) in [7, 11) is 0. The Balaban J connectivity index is 2.28. The predicted molar refractivity (Wildman–Crippen MR) is 61.1 cm³/mol. The highest BCUT2D eigenvalue weighted by atomic mass is 19.1. The quantitative estimate of drug-likeness (QED) is 0.658. The second-order valence-electron chi connectivity index (χ2n) is 4.05. The van der Waals surface area contributed by atoms with Crippen molar-refractivity contribution >= 4 is 12.0 Å². The van der Waals surface area contributed by atoms with Crippen molar-refractivity contribution in [2.24, 2.45) is 0 Å². The van der Waals surface area contributed by atoms with Crippen molar-refractivity contribution in [1.82, 2.24) is 5.32 Å². The first kappa shape index (κ1) is 12.2. The summed E-state index contributed by atoms with van der Waals surface area (Å²) in [4.78, 5) is 11.6. The molecule has 3 nitrogen and oxygen atoms in total. The number of nitrogens with zero attached hydrogens (tertiary/aromatic N) is 1. The summed E-state index contributed by atoms with van der Waals surface area (Å²) in [5, 5.41) is 11.4. The number of carbonyl (C=O) groups excluding carboxylic acids is 1. The summed E-state index contributed by atoms with van der Waals surface area (Å²) in [6.07, 6.45) is 2.68. The SMILES string of the molecule is N#C/C(=C\c1c(F)cccc1F)C(=O)NC1CC1. The van der Waals surface area contributed by atoms with Gasteiger partial charge in [-0.3, -0.25) is 4.79 Å². The first-order valence-corrected chi connectivity index (χ1v) is 5.48. The zero-order valence-corrected chi connectivity index (χ0v) is 9.41. The second kappa shape index (κ2) is 4.96. The van der Waals surface area contributed by atoms with E-state index in [4.69, 9.17) is 5.26 Å². The summed E-state index contributed by atoms with van der Waals surface area (Å²) in [6, 6.07) is 5.10. The maximum absolute atomic E-state index is 13.4. The van der Waals surface area contributed by atoms with Crippen LogP contribution < -0.4 is 5.32 Å². The molecule has 1 saturated carbocycles. The van der Waals surface area contributed by atoms with E-state index in [9.17, 15) is 13.6 Å². The van der Waals surface area contributed by atoms with Gasteiger partial charge in [-0.1, -0.05) is 6.07 Å². The van der Waals surface area contributed by atoms with Gasteiger partial charge >= 0.3 is 0 Å². The fraction of sp³-hybridized carbons (Fsp3) is 0.231. The van der Waals surface area contributed by atoms with Crippen LogP contribution in [0.3, 0.4) is 0 Å². The zero-order chi connectivity index (χ0) is 13.1. The predicted octanol–water partition coefficient (Wildman–Crippen LogP) is 2.15. The van der Waals surface area contributed by atoms with Crippen LogP contribution in [0.25, 0.3) is 6.08 Å². The lowest BCUT2D eigenvalue weighted by atomic mass is 10.1. The Kier molecular flexibility index (Phi) is 3.38. The molecule has 0 heterocycles. The molecular formula is C13H10F2N2O. The summed E-state index contributed by atoms with van der Waals surface area (Å²) < 4.78 is 26.7. The van der Waals surface area contributed by atoms with Crippen molar-refractivity contribution in [1.29, 1.82) is 5.26 Å². The number of hydrogen-bond donors (Lipinski definition) is 1. The van der Waals surface area contributed by atoms with Gasteiger partial charge in [0.05, 0.1) is 0 Å². The first-order valence-electron chi connectivity index (χ1n) is 5.48. The van der Waals surface area contributed by atoms with E-state index in [1.165, 1.54) is 6.07 Å². The summed E-state index contributed by atoms with van der Waals surface area (Å²) in [6.45, 7) is 0. The van der Waals surface area contributed by atoms with E-state index < -0.39 is 17.5 Å². The number of carbonyl (C=O) groups is 1. The number of benzene rings is 1. The van der Waals surface area contributed by atoms with Crippen LogP contribution in [0.4, 0.5) is 8.78 Å². The van der Waals surface area contributed by atoms with Gasteiger partial charge in [-0.15, -0.1) is 0 Å². The topological polar surface area (TPSA) is 52.9 Å². The normalized spacial score (nSPS) is 15.1. The van der Waals surface area contributed by atoms with Crippen LogP contribution in [0, 0.1) is 23.0 Å². The molecule has 0 spiro atoms. The molecule has 1 aliphatic carbocycles. The second-order valence-corrected chi connectivity index (χ2v) is 4.05. The van der Waals surface area contributed by atoms with Crippen molar-refractivity contribution in [3.8, 4) is 6.07 Å². The number of halogens is 2. The fourth-order valence-electron chi connectivity index (χ4n) is 1.43. The minimum atomic E-state index is -0.804. The van der Waals surface area contributed by atoms with Gasteiger partial charge in [-0.25, -0.2) is 8.78 Å². The molecule has 5 heteroatoms. The molecule has 2 rings (SSSR count). The molecule has 0 atom stereocenters. The molecule has 1 amide bonds. The smallest absolute Gasteiger partial charge is 0.262 e. The van der Waals surface area contributed by atoms with Crippen LogP contribution in [-0.2, 0) is 4.79 Å². The van der Waals surface area contributed by atoms with Crippen LogP contribution in [0.15, 0.2) is 23.8 Å². The Labute approximate surface area is 103 Å².